The van der Waals surface area contributed by atoms with Crippen molar-refractivity contribution in [2.75, 3.05) is 19.3 Å². The number of rotatable bonds is 3. The molecule has 3 rings (SSSR count). The lowest BCUT2D eigenvalue weighted by molar-refractivity contribution is 0.0705. The summed E-state index contributed by atoms with van der Waals surface area (Å²) in [4.78, 5) is 14.5. The summed E-state index contributed by atoms with van der Waals surface area (Å²) in [5.74, 6) is -0.0186. The number of sulfone groups is 1. The number of nitrogens with one attached hydrogen (secondary N) is 1. The van der Waals surface area contributed by atoms with E-state index in [1.165, 1.54) is 23.8 Å². The lowest BCUT2D eigenvalue weighted by atomic mass is 9.94. The van der Waals surface area contributed by atoms with Gasteiger partial charge in [-0.05, 0) is 24.3 Å². The summed E-state index contributed by atoms with van der Waals surface area (Å²) in [6.07, 6.45) is 4.23. The van der Waals surface area contributed by atoms with Crippen molar-refractivity contribution >= 4 is 27.1 Å². The molecule has 0 aliphatic carbocycles. The van der Waals surface area contributed by atoms with Crippen LogP contribution >= 0.6 is 11.3 Å². The minimum absolute atomic E-state index is 0.00590. The van der Waals surface area contributed by atoms with Gasteiger partial charge < -0.3 is 4.90 Å². The predicted octanol–water partition coefficient (Wildman–Crippen LogP) is 1.89. The number of hydrogen-bond donors (Lipinski definition) is 1. The Morgan fingerprint density at radius 1 is 1.50 bits per heavy atom. The second-order valence-electron chi connectivity index (χ2n) is 5.52. The minimum Gasteiger partial charge on any atom is -0.338 e. The minimum atomic E-state index is -3.32. The monoisotopic (exact) mass is 339 g/mol. The van der Waals surface area contributed by atoms with Crippen LogP contribution in [0, 0.1) is 0 Å². The first kappa shape index (κ1) is 15.2. The van der Waals surface area contributed by atoms with Crippen molar-refractivity contribution in [2.24, 2.45) is 0 Å². The first-order valence-electron chi connectivity index (χ1n) is 7.01. The molecule has 0 saturated carbocycles. The van der Waals surface area contributed by atoms with E-state index >= 15 is 0 Å². The maximum Gasteiger partial charge on any atom is 0.254 e. The third-order valence-electron chi connectivity index (χ3n) is 3.92. The Hall–Kier alpha value is -1.67. The lowest BCUT2D eigenvalue weighted by Gasteiger charge is -2.32. The van der Waals surface area contributed by atoms with Gasteiger partial charge >= 0.3 is 0 Å². The quantitative estimate of drug-likeness (QED) is 0.926. The Labute approximate surface area is 133 Å². The third-order valence-corrected chi connectivity index (χ3v) is 5.72. The summed E-state index contributed by atoms with van der Waals surface area (Å²) < 4.78 is 23.6. The summed E-state index contributed by atoms with van der Waals surface area (Å²) in [6, 6.07) is 1.81. The number of carbonyl (C=O) groups is 1. The van der Waals surface area contributed by atoms with Crippen molar-refractivity contribution in [3.05, 3.63) is 34.3 Å². The third kappa shape index (κ3) is 2.93. The molecule has 3 heterocycles. The highest BCUT2D eigenvalue weighted by molar-refractivity contribution is 7.90. The molecule has 0 spiro atoms. The topological polar surface area (TPSA) is 83.1 Å². The summed E-state index contributed by atoms with van der Waals surface area (Å²) >= 11 is 1.49. The van der Waals surface area contributed by atoms with Crippen LogP contribution in [0.5, 0.6) is 0 Å². The van der Waals surface area contributed by atoms with Crippen LogP contribution in [0.15, 0.2) is 27.9 Å². The van der Waals surface area contributed by atoms with Gasteiger partial charge in [0.15, 0.2) is 9.84 Å². The highest BCUT2D eigenvalue weighted by Gasteiger charge is 2.30. The molecule has 1 aliphatic rings. The molecule has 0 aromatic carbocycles. The number of aromatic nitrogens is 2. The smallest absolute Gasteiger partial charge is 0.254 e. The SMILES string of the molecule is CS(=O)(=O)c1cn[nH]c1[C@@H]1CCCN(C(=O)c2ccsc2)C1. The Bertz CT molecular complexity index is 765. The van der Waals surface area contributed by atoms with Gasteiger partial charge in [0.05, 0.1) is 17.5 Å². The average molecular weight is 339 g/mol. The second-order valence-corrected chi connectivity index (χ2v) is 8.29. The molecule has 1 aliphatic heterocycles. The Morgan fingerprint density at radius 2 is 2.32 bits per heavy atom. The molecule has 1 amide bonds. The molecule has 8 heteroatoms. The van der Waals surface area contributed by atoms with Crippen LogP contribution in [0.1, 0.15) is 34.8 Å². The van der Waals surface area contributed by atoms with Crippen molar-refractivity contribution in [2.45, 2.75) is 23.7 Å². The molecular weight excluding hydrogens is 322 g/mol. The number of hydrogen-bond acceptors (Lipinski definition) is 5. The molecule has 1 saturated heterocycles. The van der Waals surface area contributed by atoms with E-state index in [0.29, 0.717) is 24.3 Å². The molecule has 2 aromatic rings. The predicted molar refractivity (Wildman–Crippen MR) is 83.9 cm³/mol. The molecule has 0 unspecified atom stereocenters. The number of thiophene rings is 1. The molecule has 118 valence electrons. The van der Waals surface area contributed by atoms with E-state index in [4.69, 9.17) is 0 Å². The first-order chi connectivity index (χ1) is 10.5. The van der Waals surface area contributed by atoms with E-state index < -0.39 is 9.84 Å². The lowest BCUT2D eigenvalue weighted by Crippen LogP contribution is -2.39. The maximum atomic E-state index is 12.4. The van der Waals surface area contributed by atoms with Crippen LogP contribution < -0.4 is 0 Å². The molecular formula is C14H17N3O3S2. The van der Waals surface area contributed by atoms with E-state index in [1.807, 2.05) is 16.8 Å². The molecule has 1 fully saturated rings. The van der Waals surface area contributed by atoms with Gasteiger partial charge in [0, 0.05) is 30.6 Å². The van der Waals surface area contributed by atoms with Crippen molar-refractivity contribution in [3.8, 4) is 0 Å². The van der Waals surface area contributed by atoms with Crippen molar-refractivity contribution in [1.82, 2.24) is 15.1 Å². The van der Waals surface area contributed by atoms with Gasteiger partial charge in [0.2, 0.25) is 0 Å². The van der Waals surface area contributed by atoms with E-state index in [-0.39, 0.29) is 16.7 Å². The van der Waals surface area contributed by atoms with Crippen molar-refractivity contribution < 1.29 is 13.2 Å². The van der Waals surface area contributed by atoms with E-state index in [1.54, 1.807) is 4.90 Å². The van der Waals surface area contributed by atoms with E-state index in [0.717, 1.165) is 12.8 Å². The summed E-state index contributed by atoms with van der Waals surface area (Å²) in [6.45, 7) is 1.22. The normalized spacial score (nSPS) is 19.3. The van der Waals surface area contributed by atoms with Crippen LogP contribution in [0.4, 0.5) is 0 Å². The summed E-state index contributed by atoms with van der Waals surface area (Å²) in [7, 11) is -3.32. The van der Waals surface area contributed by atoms with Gasteiger partial charge in [-0.3, -0.25) is 9.89 Å². The van der Waals surface area contributed by atoms with Gasteiger partial charge in [0.1, 0.15) is 4.90 Å². The van der Waals surface area contributed by atoms with Gasteiger partial charge in [-0.15, -0.1) is 0 Å². The fraction of sp³-hybridized carbons (Fsp3) is 0.429. The van der Waals surface area contributed by atoms with Crippen LogP contribution in [0.2, 0.25) is 0 Å². The van der Waals surface area contributed by atoms with Crippen LogP contribution in [-0.2, 0) is 9.84 Å². The number of H-pyrrole nitrogens is 1. The van der Waals surface area contributed by atoms with Gasteiger partial charge in [-0.2, -0.15) is 16.4 Å². The zero-order chi connectivity index (χ0) is 15.7. The number of piperidine rings is 1. The highest BCUT2D eigenvalue weighted by Crippen LogP contribution is 2.30. The van der Waals surface area contributed by atoms with Crippen LogP contribution in [0.25, 0.3) is 0 Å². The molecule has 1 N–H and O–H groups in total. The Morgan fingerprint density at radius 3 is 3.00 bits per heavy atom. The molecule has 0 radical (unpaired) electrons. The van der Waals surface area contributed by atoms with Gasteiger partial charge in [0.25, 0.3) is 5.91 Å². The standard InChI is InChI=1S/C14H17N3O3S2/c1-22(19,20)12-7-15-16-13(12)10-3-2-5-17(8-10)14(18)11-4-6-21-9-11/h4,6-7,9-10H,2-3,5,8H2,1H3,(H,15,16)/t10-/m1/s1. The zero-order valence-electron chi connectivity index (χ0n) is 12.2. The fourth-order valence-electron chi connectivity index (χ4n) is 2.84. The van der Waals surface area contributed by atoms with E-state index in [2.05, 4.69) is 10.2 Å². The second kappa shape index (κ2) is 5.85. The number of carbonyl (C=O) groups excluding carboxylic acids is 1. The van der Waals surface area contributed by atoms with Crippen LogP contribution in [-0.4, -0.2) is 48.8 Å². The Kier molecular flexibility index (Phi) is 4.05. The number of likely N-dealkylation sites (tertiary alicyclic amines) is 1. The summed E-state index contributed by atoms with van der Waals surface area (Å²) in [5, 5.41) is 10.4. The number of aromatic amines is 1. The zero-order valence-corrected chi connectivity index (χ0v) is 13.8. The fourth-order valence-corrected chi connectivity index (χ4v) is 4.32. The Balaban J connectivity index is 1.82. The number of amides is 1. The van der Waals surface area contributed by atoms with E-state index in [9.17, 15) is 13.2 Å². The molecule has 6 nitrogen and oxygen atoms in total. The molecule has 0 bridgehead atoms. The van der Waals surface area contributed by atoms with Gasteiger partial charge in [-0.25, -0.2) is 8.42 Å². The first-order valence-corrected chi connectivity index (χ1v) is 9.85. The average Bonchev–Trinajstić information content (AvgIpc) is 3.17. The molecule has 2 aromatic heterocycles. The van der Waals surface area contributed by atoms with Crippen molar-refractivity contribution in [3.63, 3.8) is 0 Å². The largest absolute Gasteiger partial charge is 0.338 e. The summed E-state index contributed by atoms with van der Waals surface area (Å²) in [5.41, 5.74) is 1.31. The van der Waals surface area contributed by atoms with Gasteiger partial charge in [-0.1, -0.05) is 0 Å². The number of nitrogens with zero attached hydrogens (tertiary/aromatic N) is 2. The maximum absolute atomic E-state index is 12.4. The molecule has 1 atom stereocenters. The molecule has 22 heavy (non-hydrogen) atoms. The van der Waals surface area contributed by atoms with Crippen molar-refractivity contribution in [1.29, 1.82) is 0 Å². The highest BCUT2D eigenvalue weighted by atomic mass is 32.2. The van der Waals surface area contributed by atoms with Crippen LogP contribution in [0.3, 0.4) is 0 Å².